The van der Waals surface area contributed by atoms with E-state index in [0.717, 1.165) is 76.9 Å². The van der Waals surface area contributed by atoms with E-state index in [-0.39, 0.29) is 0 Å². The van der Waals surface area contributed by atoms with Gasteiger partial charge in [-0.05, 0) is 164 Å². The first-order valence-electron chi connectivity index (χ1n) is 30.8. The van der Waals surface area contributed by atoms with Crippen molar-refractivity contribution in [1.82, 2.24) is 38.0 Å². The van der Waals surface area contributed by atoms with Crippen molar-refractivity contribution in [2.24, 2.45) is 0 Å². The number of hydrogen-bond acceptors (Lipinski definition) is 4. The smallest absolute Gasteiger partial charge is 0.242 e. The molecule has 0 radical (unpaired) electrons. The predicted octanol–water partition coefficient (Wildman–Crippen LogP) is 20.8. The maximum atomic E-state index is 5.74. The van der Waals surface area contributed by atoms with Crippen LogP contribution < -0.4 is 0 Å². The molecule has 0 amide bonds. The first-order chi connectivity index (χ1) is 45.6. The highest BCUT2D eigenvalue weighted by atomic mass is 32.3. The number of aromatic nitrogens is 8. The van der Waals surface area contributed by atoms with Gasteiger partial charge in [-0.1, -0.05) is 176 Å². The molecule has 18 rings (SSSR count). The maximum Gasteiger partial charge on any atom is 0.242 e. The Bertz CT molecular complexity index is 5400. The summed E-state index contributed by atoms with van der Waals surface area (Å²) in [6.07, 6.45) is 0. The van der Waals surface area contributed by atoms with Crippen LogP contribution in [0.15, 0.2) is 367 Å². The summed E-state index contributed by atoms with van der Waals surface area (Å²) in [5.74, 6) is 2.10. The van der Waals surface area contributed by atoms with Crippen LogP contribution in [0.2, 0.25) is 0 Å². The van der Waals surface area contributed by atoms with Crippen molar-refractivity contribution in [3.8, 4) is 29.0 Å². The molecule has 18 aromatic rings. The molecular weight excluding hydrogens is 1160 g/mol. The average molecular weight is 1220 g/mol. The second kappa shape index (κ2) is 21.5. The summed E-state index contributed by atoms with van der Waals surface area (Å²) < 4.78 is 8.89. The Kier molecular flexibility index (Phi) is 12.5. The summed E-state index contributed by atoms with van der Waals surface area (Å²) in [5, 5.41) is 4.26. The zero-order chi connectivity index (χ0) is 60.7. The summed E-state index contributed by atoms with van der Waals surface area (Å²) in [6.45, 7) is 0. The third-order valence-electron chi connectivity index (χ3n) is 17.9. The van der Waals surface area contributed by atoms with E-state index in [4.69, 9.17) is 19.9 Å². The Morgan fingerprint density at radius 1 is 0.283 bits per heavy atom. The molecule has 5 aromatic heterocycles. The van der Waals surface area contributed by atoms with E-state index in [9.17, 15) is 0 Å². The van der Waals surface area contributed by atoms with Gasteiger partial charge in [-0.2, -0.15) is 15.0 Å². The van der Waals surface area contributed by atoms with Crippen LogP contribution in [0.25, 0.3) is 100 Å². The molecule has 0 atom stereocenters. The summed E-state index contributed by atoms with van der Waals surface area (Å²) in [7, 11) is -4.28. The van der Waals surface area contributed by atoms with Gasteiger partial charge in [0.25, 0.3) is 0 Å². The van der Waals surface area contributed by atoms with Crippen LogP contribution in [-0.2, 0) is 0 Å². The first-order valence-corrected chi connectivity index (χ1v) is 34.0. The van der Waals surface area contributed by atoms with Gasteiger partial charge in [0, 0.05) is 66.6 Å². The Hall–Kier alpha value is -11.7. The fraction of sp³-hybridized carbons (Fsp3) is 0. The Morgan fingerprint density at radius 2 is 0.728 bits per heavy atom. The zero-order valence-corrected chi connectivity index (χ0v) is 51.2. The summed E-state index contributed by atoms with van der Waals surface area (Å²) in [6, 6.07) is 125. The molecule has 0 unspecified atom stereocenters. The molecular formula is C82H54N8S2. The van der Waals surface area contributed by atoms with Gasteiger partial charge in [-0.3, -0.25) is 8.97 Å². The van der Waals surface area contributed by atoms with Crippen molar-refractivity contribution < 1.29 is 0 Å². The standard InChI is InChI=1S/C82H54N8S2/c1-7-30-59(31-8-1)91(60-32-9-2-10-33-60,61-34-11-3-12-35-61)65-50-52-74-69(55-65)70-56-66(92(62-36-13-4-14-37-62,63-38-15-5-16-39-63)64-40-17-6-18-41-64)51-53-75(70)88(74)80-84-79(57-28-27-29-58(54-57)87-72-45-22-19-42-67(72)68-43-20-23-46-73(68)87)85-81(86-80)90-78-49-26-25-48-77(78)89-76-47-24-21-44-71(76)83-82(89)90/h1-19,21-42,44-56H. The minimum Gasteiger partial charge on any atom is -0.309 e. The van der Waals surface area contributed by atoms with E-state index in [1.54, 1.807) is 0 Å². The summed E-state index contributed by atoms with van der Waals surface area (Å²) in [4.78, 5) is 32.3. The van der Waals surface area contributed by atoms with Gasteiger partial charge in [0.1, 0.15) is 0 Å². The molecule has 10 heteroatoms. The fourth-order valence-corrected chi connectivity index (χ4v) is 21.8. The topological polar surface area (TPSA) is 70.8 Å². The van der Waals surface area contributed by atoms with Gasteiger partial charge in [0.05, 0.1) is 49.5 Å². The molecule has 0 aliphatic heterocycles. The molecule has 0 N–H and O–H groups in total. The summed E-state index contributed by atoms with van der Waals surface area (Å²) >= 11 is 0. The van der Waals surface area contributed by atoms with Crippen molar-refractivity contribution in [3.63, 3.8) is 0 Å². The molecule has 8 nitrogen and oxygen atoms in total. The highest BCUT2D eigenvalue weighted by Crippen LogP contribution is 2.75. The van der Waals surface area contributed by atoms with Crippen LogP contribution >= 0.6 is 20.1 Å². The molecule has 5 heterocycles. The lowest BCUT2D eigenvalue weighted by molar-refractivity contribution is 0.884. The third-order valence-corrected chi connectivity index (χ3v) is 25.7. The number of hydrogen-bond donors (Lipinski definition) is 0. The molecule has 0 aliphatic rings. The molecule has 0 saturated heterocycles. The minimum atomic E-state index is -2.14. The predicted molar refractivity (Wildman–Crippen MR) is 375 cm³/mol. The molecule has 0 fully saturated rings. The van der Waals surface area contributed by atoms with E-state index in [2.05, 4.69) is 346 Å². The second-order valence-corrected chi connectivity index (χ2v) is 29.1. The van der Waals surface area contributed by atoms with Crippen LogP contribution in [0.1, 0.15) is 0 Å². The number of fused-ring (bicyclic) bond motifs is 11. The largest absolute Gasteiger partial charge is 0.309 e. The molecule has 0 spiro atoms. The SMILES string of the molecule is c1ccc2c(c#1)c1ccccc1n2-c1cccc(-c2nc(-n3c4ccc(S(c5ccccc5)(c5ccccc5)c5ccccc5)cc4c4cc(S(c5ccccc5)(c5ccccc5)c5ccccc5)ccc43)nc(-n3c4ccccc4n4c5ccccc5nc34)n2)c1. The van der Waals surface area contributed by atoms with Crippen LogP contribution in [0.4, 0.5) is 0 Å². The molecule has 434 valence electrons. The van der Waals surface area contributed by atoms with Crippen LogP contribution in [-0.4, -0.2) is 38.0 Å². The van der Waals surface area contributed by atoms with Crippen molar-refractivity contribution in [3.05, 3.63) is 340 Å². The van der Waals surface area contributed by atoms with Crippen LogP contribution in [0.3, 0.4) is 0 Å². The number of imidazole rings is 2. The minimum absolute atomic E-state index is 0.434. The second-order valence-electron chi connectivity index (χ2n) is 22.9. The number of para-hydroxylation sites is 5. The van der Waals surface area contributed by atoms with E-state index in [1.165, 1.54) is 39.2 Å². The fourth-order valence-electron chi connectivity index (χ4n) is 14.0. The summed E-state index contributed by atoms with van der Waals surface area (Å²) in [5.41, 5.74) is 9.56. The van der Waals surface area contributed by atoms with Gasteiger partial charge < -0.3 is 4.57 Å². The van der Waals surface area contributed by atoms with Crippen molar-refractivity contribution in [2.45, 2.75) is 39.2 Å². The van der Waals surface area contributed by atoms with Crippen molar-refractivity contribution >= 4 is 91.5 Å². The lowest BCUT2D eigenvalue weighted by Gasteiger charge is -2.42. The highest BCUT2D eigenvalue weighted by molar-refractivity contribution is 8.34. The lowest BCUT2D eigenvalue weighted by Crippen LogP contribution is -2.11. The highest BCUT2D eigenvalue weighted by Gasteiger charge is 2.37. The molecule has 92 heavy (non-hydrogen) atoms. The Labute approximate surface area is 533 Å². The van der Waals surface area contributed by atoms with E-state index in [1.807, 2.05) is 12.1 Å². The number of rotatable bonds is 12. The quantitative estimate of drug-likeness (QED) is 0.122. The Balaban J connectivity index is 0.966. The van der Waals surface area contributed by atoms with Crippen LogP contribution in [0, 0.1) is 12.1 Å². The van der Waals surface area contributed by atoms with E-state index < -0.39 is 20.1 Å². The first kappa shape index (κ1) is 53.3. The number of nitrogens with zero attached hydrogens (tertiary/aromatic N) is 8. The molecule has 0 bridgehead atoms. The zero-order valence-electron chi connectivity index (χ0n) is 49.6. The Morgan fingerprint density at radius 3 is 1.26 bits per heavy atom. The lowest BCUT2D eigenvalue weighted by atomic mass is 10.1. The van der Waals surface area contributed by atoms with E-state index in [0.29, 0.717) is 23.5 Å². The van der Waals surface area contributed by atoms with Gasteiger partial charge >= 0.3 is 0 Å². The normalized spacial score (nSPS) is 12.4. The monoisotopic (exact) mass is 1210 g/mol. The molecule has 13 aromatic carbocycles. The number of benzene rings is 12. The van der Waals surface area contributed by atoms with Crippen molar-refractivity contribution in [1.29, 1.82) is 0 Å². The van der Waals surface area contributed by atoms with Gasteiger partial charge in [0.2, 0.25) is 17.7 Å². The third kappa shape index (κ3) is 8.09. The van der Waals surface area contributed by atoms with Gasteiger partial charge in [-0.25, -0.2) is 9.55 Å². The van der Waals surface area contributed by atoms with Crippen LogP contribution in [0.5, 0.6) is 0 Å². The van der Waals surface area contributed by atoms with E-state index >= 15 is 0 Å². The average Bonchev–Trinajstić information content (AvgIpc) is 1.35. The molecule has 0 saturated carbocycles. The van der Waals surface area contributed by atoms with Crippen molar-refractivity contribution in [2.75, 3.05) is 0 Å². The molecule has 0 aliphatic carbocycles. The maximum absolute atomic E-state index is 5.74. The van der Waals surface area contributed by atoms with Gasteiger partial charge in [-0.15, -0.1) is 20.1 Å². The van der Waals surface area contributed by atoms with Gasteiger partial charge in [0.15, 0.2) is 5.82 Å².